The molecular weight excluding hydrogens is 256 g/mol. The Morgan fingerprint density at radius 1 is 1.05 bits per heavy atom. The molecule has 1 rings (SSSR count). The molecule has 0 N–H and O–H groups in total. The van der Waals surface area contributed by atoms with E-state index in [4.69, 9.17) is 9.47 Å². The fourth-order valence-corrected chi connectivity index (χ4v) is 1.80. The van der Waals surface area contributed by atoms with Crippen LogP contribution in [-0.2, 0) is 14.3 Å². The van der Waals surface area contributed by atoms with Crippen LogP contribution in [-0.4, -0.2) is 31.1 Å². The Kier molecular flexibility index (Phi) is 6.55. The Morgan fingerprint density at radius 2 is 1.65 bits per heavy atom. The molecule has 0 atom stereocenters. The van der Waals surface area contributed by atoms with Crippen molar-refractivity contribution < 1.29 is 19.1 Å². The summed E-state index contributed by atoms with van der Waals surface area (Å²) in [6, 6.07) is 5.44. The maximum absolute atomic E-state index is 12.1. The highest BCUT2D eigenvalue weighted by Crippen LogP contribution is 2.13. The summed E-state index contributed by atoms with van der Waals surface area (Å²) >= 11 is 0. The standard InChI is InChI=1S/C16H22O4/c1-5-19-16(20-6-2)15(18)10-14(17)13-8-7-11(3)12(4)9-13/h7-9,16H,5-6,10H2,1-4H3. The Labute approximate surface area is 120 Å². The third-order valence-corrected chi connectivity index (χ3v) is 3.06. The number of ketones is 2. The van der Waals surface area contributed by atoms with E-state index in [2.05, 4.69) is 0 Å². The lowest BCUT2D eigenvalue weighted by molar-refractivity contribution is -0.166. The topological polar surface area (TPSA) is 52.6 Å². The first-order chi connectivity index (χ1) is 9.49. The molecule has 0 saturated heterocycles. The van der Waals surface area contributed by atoms with E-state index in [0.717, 1.165) is 11.1 Å². The molecule has 0 spiro atoms. The maximum atomic E-state index is 12.1. The first-order valence-electron chi connectivity index (χ1n) is 6.86. The van der Waals surface area contributed by atoms with Crippen LogP contribution in [0.3, 0.4) is 0 Å². The third-order valence-electron chi connectivity index (χ3n) is 3.06. The smallest absolute Gasteiger partial charge is 0.218 e. The van der Waals surface area contributed by atoms with Gasteiger partial charge in [0.05, 0.1) is 6.42 Å². The molecule has 1 aromatic carbocycles. The van der Waals surface area contributed by atoms with Gasteiger partial charge in [-0.1, -0.05) is 12.1 Å². The zero-order valence-corrected chi connectivity index (χ0v) is 12.6. The van der Waals surface area contributed by atoms with E-state index in [-0.39, 0.29) is 18.0 Å². The highest BCUT2D eigenvalue weighted by molar-refractivity contribution is 6.08. The van der Waals surface area contributed by atoms with Crippen LogP contribution in [0.15, 0.2) is 18.2 Å². The van der Waals surface area contributed by atoms with Crippen molar-refractivity contribution in [1.82, 2.24) is 0 Å². The van der Waals surface area contributed by atoms with Gasteiger partial charge in [0.1, 0.15) is 0 Å². The van der Waals surface area contributed by atoms with Crippen molar-refractivity contribution in [3.05, 3.63) is 34.9 Å². The summed E-state index contributed by atoms with van der Waals surface area (Å²) < 4.78 is 10.4. The Hall–Kier alpha value is -1.52. The first-order valence-corrected chi connectivity index (χ1v) is 6.86. The number of carbonyl (C=O) groups is 2. The van der Waals surface area contributed by atoms with Crippen LogP contribution in [0, 0.1) is 13.8 Å². The van der Waals surface area contributed by atoms with Crippen LogP contribution >= 0.6 is 0 Å². The van der Waals surface area contributed by atoms with Gasteiger partial charge in [-0.3, -0.25) is 9.59 Å². The van der Waals surface area contributed by atoms with Crippen molar-refractivity contribution in [2.24, 2.45) is 0 Å². The van der Waals surface area contributed by atoms with Crippen LogP contribution in [0.5, 0.6) is 0 Å². The van der Waals surface area contributed by atoms with Crippen LogP contribution in [0.1, 0.15) is 41.8 Å². The van der Waals surface area contributed by atoms with E-state index in [9.17, 15) is 9.59 Å². The number of ether oxygens (including phenoxy) is 2. The number of rotatable bonds is 8. The van der Waals surface area contributed by atoms with Gasteiger partial charge in [0.2, 0.25) is 6.29 Å². The summed E-state index contributed by atoms with van der Waals surface area (Å²) in [7, 11) is 0. The Morgan fingerprint density at radius 3 is 2.15 bits per heavy atom. The van der Waals surface area contributed by atoms with Gasteiger partial charge < -0.3 is 9.47 Å². The number of hydrogen-bond acceptors (Lipinski definition) is 4. The van der Waals surface area contributed by atoms with Gasteiger partial charge in [-0.05, 0) is 44.9 Å². The summed E-state index contributed by atoms with van der Waals surface area (Å²) in [6.45, 7) is 8.23. The third kappa shape index (κ3) is 4.54. The zero-order chi connectivity index (χ0) is 15.1. The van der Waals surface area contributed by atoms with Gasteiger partial charge >= 0.3 is 0 Å². The van der Waals surface area contributed by atoms with Crippen molar-refractivity contribution in [1.29, 1.82) is 0 Å². The molecule has 0 unspecified atom stereocenters. The summed E-state index contributed by atoms with van der Waals surface area (Å²) in [6.07, 6.45) is -1.15. The Bertz CT molecular complexity index is 473. The highest BCUT2D eigenvalue weighted by atomic mass is 16.7. The molecule has 4 heteroatoms. The van der Waals surface area contributed by atoms with Crippen LogP contribution in [0.4, 0.5) is 0 Å². The van der Waals surface area contributed by atoms with Gasteiger partial charge in [0, 0.05) is 18.8 Å². The Balaban J connectivity index is 2.73. The minimum absolute atomic E-state index is 0.201. The van der Waals surface area contributed by atoms with Gasteiger partial charge in [0.25, 0.3) is 0 Å². The second kappa shape index (κ2) is 7.92. The molecule has 0 aliphatic carbocycles. The molecule has 0 aliphatic heterocycles. The molecule has 0 aromatic heterocycles. The normalized spacial score (nSPS) is 10.8. The van der Waals surface area contributed by atoms with E-state index in [1.54, 1.807) is 26.0 Å². The van der Waals surface area contributed by atoms with Crippen LogP contribution in [0.25, 0.3) is 0 Å². The molecule has 0 bridgehead atoms. The van der Waals surface area contributed by atoms with Gasteiger partial charge in [-0.25, -0.2) is 0 Å². The molecule has 1 aromatic rings. The van der Waals surface area contributed by atoms with Crippen molar-refractivity contribution in [2.75, 3.05) is 13.2 Å². The average Bonchev–Trinajstić information content (AvgIpc) is 2.41. The number of benzene rings is 1. The van der Waals surface area contributed by atoms with Gasteiger partial charge in [-0.15, -0.1) is 0 Å². The minimum Gasteiger partial charge on any atom is -0.346 e. The lowest BCUT2D eigenvalue weighted by Crippen LogP contribution is -2.29. The highest BCUT2D eigenvalue weighted by Gasteiger charge is 2.22. The van der Waals surface area contributed by atoms with E-state index >= 15 is 0 Å². The molecule has 0 aliphatic rings. The molecular formula is C16H22O4. The van der Waals surface area contributed by atoms with Crippen molar-refractivity contribution in [3.63, 3.8) is 0 Å². The predicted octanol–water partition coefficient (Wildman–Crippen LogP) is 2.84. The molecule has 0 fully saturated rings. The largest absolute Gasteiger partial charge is 0.346 e. The predicted molar refractivity (Wildman–Crippen MR) is 76.9 cm³/mol. The lowest BCUT2D eigenvalue weighted by atomic mass is 10.0. The maximum Gasteiger partial charge on any atom is 0.218 e. The molecule has 0 saturated carbocycles. The SMILES string of the molecule is CCOC(OCC)C(=O)CC(=O)c1ccc(C)c(C)c1. The second-order valence-electron chi connectivity index (χ2n) is 4.61. The van der Waals surface area contributed by atoms with E-state index in [0.29, 0.717) is 18.8 Å². The van der Waals surface area contributed by atoms with Crippen LogP contribution < -0.4 is 0 Å². The van der Waals surface area contributed by atoms with E-state index in [1.807, 2.05) is 19.9 Å². The van der Waals surface area contributed by atoms with Crippen molar-refractivity contribution >= 4 is 11.6 Å². The van der Waals surface area contributed by atoms with E-state index in [1.165, 1.54) is 0 Å². The molecule has 110 valence electrons. The van der Waals surface area contributed by atoms with Gasteiger partial charge in [-0.2, -0.15) is 0 Å². The number of aryl methyl sites for hydroxylation is 2. The monoisotopic (exact) mass is 278 g/mol. The molecule has 0 amide bonds. The summed E-state index contributed by atoms with van der Waals surface area (Å²) in [4.78, 5) is 24.1. The number of hydrogen-bond donors (Lipinski definition) is 0. The van der Waals surface area contributed by atoms with Gasteiger partial charge in [0.15, 0.2) is 11.6 Å². The van der Waals surface area contributed by atoms with Crippen LogP contribution in [0.2, 0.25) is 0 Å². The number of carbonyl (C=O) groups excluding carboxylic acids is 2. The zero-order valence-electron chi connectivity index (χ0n) is 12.6. The number of Topliss-reactive ketones (excluding diaryl/α,β-unsaturated/α-hetero) is 2. The van der Waals surface area contributed by atoms with E-state index < -0.39 is 6.29 Å². The minimum atomic E-state index is -0.944. The van der Waals surface area contributed by atoms with Crippen molar-refractivity contribution in [3.8, 4) is 0 Å². The lowest BCUT2D eigenvalue weighted by Gasteiger charge is -2.15. The molecule has 0 radical (unpaired) electrons. The molecule has 0 heterocycles. The first kappa shape index (κ1) is 16.5. The quantitative estimate of drug-likeness (QED) is 0.417. The molecule has 4 nitrogen and oxygen atoms in total. The summed E-state index contributed by atoms with van der Waals surface area (Å²) in [5, 5.41) is 0. The summed E-state index contributed by atoms with van der Waals surface area (Å²) in [5.41, 5.74) is 2.71. The fourth-order valence-electron chi connectivity index (χ4n) is 1.80. The summed E-state index contributed by atoms with van der Waals surface area (Å²) in [5.74, 6) is -0.542. The average molecular weight is 278 g/mol. The second-order valence-corrected chi connectivity index (χ2v) is 4.61. The molecule has 20 heavy (non-hydrogen) atoms. The fraction of sp³-hybridized carbons (Fsp3) is 0.500. The van der Waals surface area contributed by atoms with Crippen molar-refractivity contribution in [2.45, 2.75) is 40.4 Å².